The summed E-state index contributed by atoms with van der Waals surface area (Å²) in [5.41, 5.74) is 0.0273. The van der Waals surface area contributed by atoms with E-state index in [4.69, 9.17) is 23.2 Å². The van der Waals surface area contributed by atoms with Gasteiger partial charge in [0.2, 0.25) is 0 Å². The van der Waals surface area contributed by atoms with Crippen LogP contribution < -0.4 is 0 Å². The molecule has 3 nitrogen and oxygen atoms in total. The maximum Gasteiger partial charge on any atom is 0.379 e. The smallest absolute Gasteiger partial charge is 0.379 e. The number of Topliss-reactive ketones (excluding diaryl/α,β-unsaturated/α-hetero) is 1. The number of benzene rings is 1. The van der Waals surface area contributed by atoms with Crippen molar-refractivity contribution in [3.63, 3.8) is 0 Å². The Morgan fingerprint density at radius 2 is 2.00 bits per heavy atom. The summed E-state index contributed by atoms with van der Waals surface area (Å²) in [7, 11) is 0. The van der Waals surface area contributed by atoms with Crippen molar-refractivity contribution in [1.82, 2.24) is 0 Å². The van der Waals surface area contributed by atoms with Crippen molar-refractivity contribution >= 4 is 50.9 Å². The molecule has 0 aliphatic heterocycles. The fourth-order valence-electron chi connectivity index (χ4n) is 1.03. The summed E-state index contributed by atoms with van der Waals surface area (Å²) < 4.78 is 5.04. The quantitative estimate of drug-likeness (QED) is 0.370. The van der Waals surface area contributed by atoms with Gasteiger partial charge in [-0.2, -0.15) is 0 Å². The Labute approximate surface area is 111 Å². The molecule has 0 radical (unpaired) electrons. The Kier molecular flexibility index (Phi) is 4.77. The fourth-order valence-corrected chi connectivity index (χ4v) is 2.03. The lowest BCUT2D eigenvalue weighted by Gasteiger charge is -2.05. The molecule has 0 fully saturated rings. The highest BCUT2D eigenvalue weighted by atomic mass is 79.9. The van der Waals surface area contributed by atoms with Crippen molar-refractivity contribution in [3.8, 4) is 0 Å². The van der Waals surface area contributed by atoms with Gasteiger partial charge < -0.3 is 4.74 Å². The van der Waals surface area contributed by atoms with Gasteiger partial charge in [0.05, 0.1) is 17.2 Å². The van der Waals surface area contributed by atoms with Crippen molar-refractivity contribution in [1.29, 1.82) is 0 Å². The second kappa shape index (κ2) is 5.66. The summed E-state index contributed by atoms with van der Waals surface area (Å²) in [5, 5.41) is 0.450. The molecule has 0 unspecified atom stereocenters. The lowest BCUT2D eigenvalue weighted by Crippen LogP contribution is -2.18. The van der Waals surface area contributed by atoms with E-state index in [1.165, 1.54) is 12.1 Å². The molecule has 0 bridgehead atoms. The molecule has 16 heavy (non-hydrogen) atoms. The standard InChI is InChI=1S/C10H7BrCl2O3/c1-2-16-10(15)9(14)6-3-5(12)4-7(11)8(6)13/h3-4H,2H2,1H3. The first-order chi connectivity index (χ1) is 7.47. The van der Waals surface area contributed by atoms with Gasteiger partial charge in [-0.1, -0.05) is 23.2 Å². The van der Waals surface area contributed by atoms with E-state index >= 15 is 0 Å². The second-order valence-electron chi connectivity index (χ2n) is 2.80. The molecule has 0 aliphatic rings. The molecule has 0 saturated heterocycles. The number of hydrogen-bond donors (Lipinski definition) is 0. The predicted octanol–water partition coefficient (Wildman–Crippen LogP) is 3.50. The predicted molar refractivity (Wildman–Crippen MR) is 65.1 cm³/mol. The molecule has 0 aromatic heterocycles. The summed E-state index contributed by atoms with van der Waals surface area (Å²) in [4.78, 5) is 22.9. The highest BCUT2D eigenvalue weighted by molar-refractivity contribution is 9.10. The average molecular weight is 326 g/mol. The van der Waals surface area contributed by atoms with Gasteiger partial charge in [-0.3, -0.25) is 4.79 Å². The van der Waals surface area contributed by atoms with Crippen molar-refractivity contribution in [2.45, 2.75) is 6.92 Å². The van der Waals surface area contributed by atoms with Crippen molar-refractivity contribution in [3.05, 3.63) is 32.2 Å². The van der Waals surface area contributed by atoms with Crippen molar-refractivity contribution in [2.75, 3.05) is 6.61 Å². The number of halogens is 3. The molecular formula is C10H7BrCl2O3. The number of esters is 1. The van der Waals surface area contributed by atoms with Gasteiger partial charge in [-0.05, 0) is 35.0 Å². The van der Waals surface area contributed by atoms with Gasteiger partial charge in [-0.15, -0.1) is 0 Å². The van der Waals surface area contributed by atoms with Crippen LogP contribution in [0.1, 0.15) is 17.3 Å². The summed E-state index contributed by atoms with van der Waals surface area (Å²) >= 11 is 14.8. The zero-order chi connectivity index (χ0) is 12.3. The molecule has 1 aromatic carbocycles. The molecule has 1 aromatic rings. The SMILES string of the molecule is CCOC(=O)C(=O)c1cc(Cl)cc(Br)c1Cl. The Morgan fingerprint density at radius 3 is 2.56 bits per heavy atom. The zero-order valence-electron chi connectivity index (χ0n) is 8.22. The van der Waals surface area contributed by atoms with Gasteiger partial charge in [0.25, 0.3) is 5.78 Å². The molecule has 0 atom stereocenters. The minimum Gasteiger partial charge on any atom is -0.460 e. The molecule has 6 heteroatoms. The molecule has 0 heterocycles. The van der Waals surface area contributed by atoms with Gasteiger partial charge in [0, 0.05) is 9.50 Å². The minimum absolute atomic E-state index is 0.0273. The third-order valence-electron chi connectivity index (χ3n) is 1.70. The zero-order valence-corrected chi connectivity index (χ0v) is 11.3. The highest BCUT2D eigenvalue weighted by Gasteiger charge is 2.22. The Bertz CT molecular complexity index is 446. The van der Waals surface area contributed by atoms with Crippen LogP contribution in [0.25, 0.3) is 0 Å². The lowest BCUT2D eigenvalue weighted by atomic mass is 10.1. The van der Waals surface area contributed by atoms with E-state index in [0.29, 0.717) is 9.50 Å². The van der Waals surface area contributed by atoms with Crippen LogP contribution in [0.2, 0.25) is 10.0 Å². The van der Waals surface area contributed by atoms with Crippen LogP contribution in [0.15, 0.2) is 16.6 Å². The van der Waals surface area contributed by atoms with Crippen molar-refractivity contribution < 1.29 is 14.3 Å². The molecule has 0 spiro atoms. The third kappa shape index (κ3) is 2.97. The van der Waals surface area contributed by atoms with E-state index in [9.17, 15) is 9.59 Å². The molecular weight excluding hydrogens is 319 g/mol. The van der Waals surface area contributed by atoms with Crippen LogP contribution in [-0.2, 0) is 9.53 Å². The average Bonchev–Trinajstić information content (AvgIpc) is 2.22. The van der Waals surface area contributed by atoms with Crippen molar-refractivity contribution in [2.24, 2.45) is 0 Å². The van der Waals surface area contributed by atoms with Gasteiger partial charge in [0.1, 0.15) is 0 Å². The first kappa shape index (κ1) is 13.5. The van der Waals surface area contributed by atoms with Crippen LogP contribution in [0.5, 0.6) is 0 Å². The lowest BCUT2D eigenvalue weighted by molar-refractivity contribution is -0.137. The maximum absolute atomic E-state index is 11.6. The number of rotatable bonds is 3. The second-order valence-corrected chi connectivity index (χ2v) is 4.47. The number of ether oxygens (including phenoxy) is 1. The van der Waals surface area contributed by atoms with E-state index in [0.717, 1.165) is 0 Å². The largest absolute Gasteiger partial charge is 0.460 e. The summed E-state index contributed by atoms with van der Waals surface area (Å²) in [6.07, 6.45) is 0. The van der Waals surface area contributed by atoms with E-state index in [-0.39, 0.29) is 17.2 Å². The van der Waals surface area contributed by atoms with Crippen LogP contribution in [0.4, 0.5) is 0 Å². The molecule has 0 amide bonds. The van der Waals surface area contributed by atoms with E-state index in [1.54, 1.807) is 6.92 Å². The monoisotopic (exact) mass is 324 g/mol. The number of ketones is 1. The Hall–Kier alpha value is -0.580. The summed E-state index contributed by atoms with van der Waals surface area (Å²) in [5.74, 6) is -1.76. The fraction of sp³-hybridized carbons (Fsp3) is 0.200. The van der Waals surface area contributed by atoms with E-state index in [1.807, 2.05) is 0 Å². The molecule has 0 N–H and O–H groups in total. The van der Waals surface area contributed by atoms with E-state index in [2.05, 4.69) is 20.7 Å². The Morgan fingerprint density at radius 1 is 1.38 bits per heavy atom. The van der Waals surface area contributed by atoms with Crippen LogP contribution in [0, 0.1) is 0 Å². The van der Waals surface area contributed by atoms with Crippen LogP contribution in [-0.4, -0.2) is 18.4 Å². The summed E-state index contributed by atoms with van der Waals surface area (Å²) in [6.45, 7) is 1.74. The third-order valence-corrected chi connectivity index (χ3v) is 3.18. The molecule has 0 saturated carbocycles. The molecule has 86 valence electrons. The molecule has 0 aliphatic carbocycles. The maximum atomic E-state index is 11.6. The van der Waals surface area contributed by atoms with Gasteiger partial charge in [-0.25, -0.2) is 4.79 Å². The first-order valence-electron chi connectivity index (χ1n) is 4.33. The number of hydrogen-bond acceptors (Lipinski definition) is 3. The topological polar surface area (TPSA) is 43.4 Å². The van der Waals surface area contributed by atoms with Crippen LogP contribution >= 0.6 is 39.1 Å². The van der Waals surface area contributed by atoms with E-state index < -0.39 is 11.8 Å². The number of carbonyl (C=O) groups is 2. The highest BCUT2D eigenvalue weighted by Crippen LogP contribution is 2.30. The van der Waals surface area contributed by atoms with Gasteiger partial charge >= 0.3 is 5.97 Å². The minimum atomic E-state index is -0.946. The number of carbonyl (C=O) groups excluding carboxylic acids is 2. The Balaban J connectivity index is 3.13. The normalized spacial score (nSPS) is 10.0. The first-order valence-corrected chi connectivity index (χ1v) is 5.88. The summed E-state index contributed by atoms with van der Waals surface area (Å²) in [6, 6.07) is 2.86. The molecule has 1 rings (SSSR count). The van der Waals surface area contributed by atoms with Crippen LogP contribution in [0.3, 0.4) is 0 Å². The van der Waals surface area contributed by atoms with Gasteiger partial charge in [0.15, 0.2) is 0 Å².